The Morgan fingerprint density at radius 1 is 1.16 bits per heavy atom. The van der Waals surface area contributed by atoms with Gasteiger partial charge >= 0.3 is 0 Å². The van der Waals surface area contributed by atoms with Gasteiger partial charge in [-0.05, 0) is 38.1 Å². The first kappa shape index (κ1) is 18.2. The van der Waals surface area contributed by atoms with E-state index >= 15 is 0 Å². The van der Waals surface area contributed by atoms with Crippen molar-refractivity contribution in [3.05, 3.63) is 45.5 Å². The van der Waals surface area contributed by atoms with Crippen molar-refractivity contribution in [2.45, 2.75) is 20.4 Å². The molecule has 0 spiro atoms. The lowest BCUT2D eigenvalue weighted by molar-refractivity contribution is 0.186. The maximum Gasteiger partial charge on any atom is 0.129 e. The Morgan fingerprint density at radius 2 is 1.96 bits per heavy atom. The van der Waals surface area contributed by atoms with E-state index in [-0.39, 0.29) is 0 Å². The molecule has 0 aliphatic rings. The largest absolute Gasteiger partial charge is 0.496 e. The molecule has 0 radical (unpaired) electrons. The molecule has 25 heavy (non-hydrogen) atoms. The molecular weight excluding hydrogens is 400 g/mol. The molecule has 3 aromatic rings. The van der Waals surface area contributed by atoms with Gasteiger partial charge in [0.25, 0.3) is 0 Å². The maximum absolute atomic E-state index is 5.49. The van der Waals surface area contributed by atoms with Crippen molar-refractivity contribution in [1.29, 1.82) is 0 Å². The standard InChI is InChI=1S/C19H21BrN2O2S/c1-12-9-15(13(2)22(12)7-8-23-3)17-11-25-19(21-17)16-10-14(20)5-6-18(16)24-4/h5-6,9-11H,7-8H2,1-4H3. The minimum Gasteiger partial charge on any atom is -0.496 e. The second-order valence-electron chi connectivity index (χ2n) is 5.81. The molecule has 0 atom stereocenters. The topological polar surface area (TPSA) is 36.3 Å². The van der Waals surface area contributed by atoms with Gasteiger partial charge < -0.3 is 14.0 Å². The van der Waals surface area contributed by atoms with Crippen LogP contribution in [-0.2, 0) is 11.3 Å². The summed E-state index contributed by atoms with van der Waals surface area (Å²) in [6, 6.07) is 8.17. The molecule has 0 aliphatic carbocycles. The van der Waals surface area contributed by atoms with E-state index in [2.05, 4.69) is 45.8 Å². The van der Waals surface area contributed by atoms with E-state index in [1.807, 2.05) is 18.2 Å². The number of aromatic nitrogens is 2. The van der Waals surface area contributed by atoms with Crippen molar-refractivity contribution in [2.75, 3.05) is 20.8 Å². The Bertz CT molecular complexity index is 886. The van der Waals surface area contributed by atoms with Crippen LogP contribution in [0, 0.1) is 13.8 Å². The zero-order valence-corrected chi connectivity index (χ0v) is 17.2. The number of nitrogens with zero attached hydrogens (tertiary/aromatic N) is 2. The third-order valence-corrected chi connectivity index (χ3v) is 5.63. The summed E-state index contributed by atoms with van der Waals surface area (Å²) in [6.45, 7) is 5.81. The highest BCUT2D eigenvalue weighted by atomic mass is 79.9. The highest BCUT2D eigenvalue weighted by molar-refractivity contribution is 9.10. The Labute approximate surface area is 160 Å². The molecule has 1 aromatic carbocycles. The Balaban J connectivity index is 1.99. The van der Waals surface area contributed by atoms with E-state index in [1.54, 1.807) is 25.6 Å². The number of thiazole rings is 1. The van der Waals surface area contributed by atoms with Gasteiger partial charge in [0.2, 0.25) is 0 Å². The minimum atomic E-state index is 0.702. The first-order valence-corrected chi connectivity index (χ1v) is 9.68. The van der Waals surface area contributed by atoms with Crippen molar-refractivity contribution in [3.63, 3.8) is 0 Å². The molecule has 2 heterocycles. The van der Waals surface area contributed by atoms with Gasteiger partial charge in [0.15, 0.2) is 0 Å². The van der Waals surface area contributed by atoms with E-state index in [4.69, 9.17) is 14.5 Å². The van der Waals surface area contributed by atoms with Crippen LogP contribution in [0.15, 0.2) is 34.1 Å². The van der Waals surface area contributed by atoms with E-state index in [9.17, 15) is 0 Å². The fourth-order valence-corrected chi connectivity index (χ4v) is 4.16. The first-order chi connectivity index (χ1) is 12.0. The molecule has 0 aliphatic heterocycles. The lowest BCUT2D eigenvalue weighted by Gasteiger charge is -2.08. The molecule has 4 nitrogen and oxygen atoms in total. The van der Waals surface area contributed by atoms with E-state index in [0.717, 1.165) is 33.0 Å². The average molecular weight is 421 g/mol. The zero-order chi connectivity index (χ0) is 18.0. The fourth-order valence-electron chi connectivity index (χ4n) is 2.96. The number of rotatable bonds is 6. The van der Waals surface area contributed by atoms with Crippen LogP contribution in [0.25, 0.3) is 21.8 Å². The van der Waals surface area contributed by atoms with Gasteiger partial charge in [-0.2, -0.15) is 0 Å². The molecule has 3 rings (SSSR count). The Hall–Kier alpha value is -1.63. The molecule has 0 unspecified atom stereocenters. The third-order valence-electron chi connectivity index (χ3n) is 4.26. The van der Waals surface area contributed by atoms with E-state index in [0.29, 0.717) is 6.61 Å². The number of methoxy groups -OCH3 is 2. The fraction of sp³-hybridized carbons (Fsp3) is 0.316. The van der Waals surface area contributed by atoms with E-state index in [1.165, 1.54) is 17.0 Å². The summed E-state index contributed by atoms with van der Waals surface area (Å²) in [5.74, 6) is 0.828. The van der Waals surface area contributed by atoms with Gasteiger partial charge in [-0.3, -0.25) is 0 Å². The quantitative estimate of drug-likeness (QED) is 0.541. The molecule has 0 N–H and O–H groups in total. The second kappa shape index (κ2) is 7.72. The van der Waals surface area contributed by atoms with Crippen LogP contribution >= 0.6 is 27.3 Å². The summed E-state index contributed by atoms with van der Waals surface area (Å²) in [4.78, 5) is 4.87. The van der Waals surface area contributed by atoms with Crippen LogP contribution in [0.4, 0.5) is 0 Å². The number of hydrogen-bond donors (Lipinski definition) is 0. The van der Waals surface area contributed by atoms with E-state index < -0.39 is 0 Å². The molecule has 6 heteroatoms. The minimum absolute atomic E-state index is 0.702. The lowest BCUT2D eigenvalue weighted by atomic mass is 10.2. The number of ether oxygens (including phenoxy) is 2. The Morgan fingerprint density at radius 3 is 2.68 bits per heavy atom. The van der Waals surface area contributed by atoms with Gasteiger partial charge in [0, 0.05) is 40.5 Å². The summed E-state index contributed by atoms with van der Waals surface area (Å²) in [7, 11) is 3.41. The van der Waals surface area contributed by atoms with Crippen LogP contribution in [0.2, 0.25) is 0 Å². The predicted octanol–water partition coefficient (Wildman–Crippen LogP) is 5.31. The summed E-state index contributed by atoms with van der Waals surface area (Å²) in [5.41, 5.74) is 5.61. The summed E-state index contributed by atoms with van der Waals surface area (Å²) in [6.07, 6.45) is 0. The zero-order valence-electron chi connectivity index (χ0n) is 14.8. The SMILES string of the molecule is COCCn1c(C)cc(-c2csc(-c3cc(Br)ccc3OC)n2)c1C. The van der Waals surface area contributed by atoms with Crippen molar-refractivity contribution in [2.24, 2.45) is 0 Å². The number of hydrogen-bond acceptors (Lipinski definition) is 4. The van der Waals surface area contributed by atoms with Crippen LogP contribution in [0.1, 0.15) is 11.4 Å². The number of aryl methyl sites for hydroxylation is 1. The molecular formula is C19H21BrN2O2S. The highest BCUT2D eigenvalue weighted by Gasteiger charge is 2.16. The first-order valence-electron chi connectivity index (χ1n) is 8.00. The highest BCUT2D eigenvalue weighted by Crippen LogP contribution is 2.37. The monoisotopic (exact) mass is 420 g/mol. The molecule has 2 aromatic heterocycles. The molecule has 0 bridgehead atoms. The van der Waals surface area contributed by atoms with Gasteiger partial charge in [0.1, 0.15) is 10.8 Å². The summed E-state index contributed by atoms with van der Waals surface area (Å²) < 4.78 is 14.0. The van der Waals surface area contributed by atoms with Crippen molar-refractivity contribution in [1.82, 2.24) is 9.55 Å². The van der Waals surface area contributed by atoms with Gasteiger partial charge in [-0.1, -0.05) is 15.9 Å². The van der Waals surface area contributed by atoms with Crippen LogP contribution in [0.3, 0.4) is 0 Å². The average Bonchev–Trinajstić information content (AvgIpc) is 3.18. The molecule has 132 valence electrons. The van der Waals surface area contributed by atoms with Crippen molar-refractivity contribution in [3.8, 4) is 27.6 Å². The van der Waals surface area contributed by atoms with Gasteiger partial charge in [-0.25, -0.2) is 4.98 Å². The van der Waals surface area contributed by atoms with Crippen molar-refractivity contribution < 1.29 is 9.47 Å². The molecule has 0 saturated carbocycles. The van der Waals surface area contributed by atoms with Gasteiger partial charge in [-0.15, -0.1) is 11.3 Å². The lowest BCUT2D eigenvalue weighted by Crippen LogP contribution is -2.07. The third kappa shape index (κ3) is 3.66. The maximum atomic E-state index is 5.49. The van der Waals surface area contributed by atoms with Crippen LogP contribution in [0.5, 0.6) is 5.75 Å². The predicted molar refractivity (Wildman–Crippen MR) is 107 cm³/mol. The van der Waals surface area contributed by atoms with Gasteiger partial charge in [0.05, 0.1) is 25.0 Å². The van der Waals surface area contributed by atoms with Crippen LogP contribution < -0.4 is 4.74 Å². The smallest absolute Gasteiger partial charge is 0.129 e. The molecule has 0 saturated heterocycles. The van der Waals surface area contributed by atoms with Crippen molar-refractivity contribution >= 4 is 27.3 Å². The Kier molecular flexibility index (Phi) is 5.61. The summed E-state index contributed by atoms with van der Waals surface area (Å²) >= 11 is 5.16. The summed E-state index contributed by atoms with van der Waals surface area (Å²) in [5, 5.41) is 3.06. The molecule has 0 amide bonds. The number of benzene rings is 1. The number of halogens is 1. The normalized spacial score (nSPS) is 11.1. The molecule has 0 fully saturated rings. The second-order valence-corrected chi connectivity index (χ2v) is 7.59. The van der Waals surface area contributed by atoms with Crippen LogP contribution in [-0.4, -0.2) is 30.4 Å².